The molecular weight excluding hydrogens is 350 g/mol. The second kappa shape index (κ2) is 7.42. The van der Waals surface area contributed by atoms with Crippen molar-refractivity contribution in [1.29, 1.82) is 0 Å². The molecular formula is C20H22NO6-. The summed E-state index contributed by atoms with van der Waals surface area (Å²) in [5.41, 5.74) is 2.58. The van der Waals surface area contributed by atoms with E-state index in [9.17, 15) is 19.5 Å². The maximum Gasteiger partial charge on any atom is 0.339 e. The van der Waals surface area contributed by atoms with Gasteiger partial charge in [-0.2, -0.15) is 0 Å². The molecule has 1 heterocycles. The molecule has 1 N–H and O–H groups in total. The van der Waals surface area contributed by atoms with Gasteiger partial charge in [-0.3, -0.25) is 4.79 Å². The monoisotopic (exact) mass is 372 g/mol. The summed E-state index contributed by atoms with van der Waals surface area (Å²) in [5, 5.41) is 14.0. The predicted octanol–water partition coefficient (Wildman–Crippen LogP) is 1.00. The van der Waals surface area contributed by atoms with E-state index in [1.165, 1.54) is 13.8 Å². The molecule has 0 spiro atoms. The Balaban J connectivity index is 1.90. The Morgan fingerprint density at radius 1 is 1.19 bits per heavy atom. The summed E-state index contributed by atoms with van der Waals surface area (Å²) in [6, 6.07) is 2.48. The number of ether oxygens (including phenoxy) is 1. The first-order chi connectivity index (χ1) is 12.8. The Bertz CT molecular complexity index is 961. The Morgan fingerprint density at radius 3 is 2.52 bits per heavy atom. The lowest BCUT2D eigenvalue weighted by atomic mass is 9.90. The Kier molecular flexibility index (Phi) is 5.21. The molecule has 0 radical (unpaired) electrons. The summed E-state index contributed by atoms with van der Waals surface area (Å²) < 4.78 is 11.2. The fourth-order valence-corrected chi connectivity index (χ4v) is 3.39. The maximum absolute atomic E-state index is 12.3. The van der Waals surface area contributed by atoms with Crippen LogP contribution in [0.3, 0.4) is 0 Å². The van der Waals surface area contributed by atoms with E-state index in [1.54, 1.807) is 13.0 Å². The number of fused-ring (bicyclic) bond motifs is 3. The van der Waals surface area contributed by atoms with Crippen LogP contribution in [0.5, 0.6) is 5.75 Å². The normalized spacial score (nSPS) is 15.7. The second-order valence-electron chi connectivity index (χ2n) is 6.93. The number of carboxylic acids is 1. The van der Waals surface area contributed by atoms with Crippen LogP contribution in [0.2, 0.25) is 0 Å². The van der Waals surface area contributed by atoms with Gasteiger partial charge in [-0.1, -0.05) is 0 Å². The smallest absolute Gasteiger partial charge is 0.339 e. The van der Waals surface area contributed by atoms with Crippen molar-refractivity contribution >= 4 is 22.8 Å². The van der Waals surface area contributed by atoms with Gasteiger partial charge in [0.25, 0.3) is 5.91 Å². The van der Waals surface area contributed by atoms with Crippen LogP contribution in [0, 0.1) is 6.92 Å². The summed E-state index contributed by atoms with van der Waals surface area (Å²) in [6.07, 6.45) is 2.68. The Hall–Kier alpha value is -2.83. The van der Waals surface area contributed by atoms with E-state index in [-0.39, 0.29) is 5.63 Å². The topological polar surface area (TPSA) is 109 Å². The highest BCUT2D eigenvalue weighted by Gasteiger charge is 2.22. The van der Waals surface area contributed by atoms with Gasteiger partial charge in [0.15, 0.2) is 6.10 Å². The van der Waals surface area contributed by atoms with E-state index in [1.807, 2.05) is 6.07 Å². The van der Waals surface area contributed by atoms with Crippen LogP contribution in [-0.2, 0) is 22.4 Å². The molecule has 7 heteroatoms. The summed E-state index contributed by atoms with van der Waals surface area (Å²) >= 11 is 0. The van der Waals surface area contributed by atoms with E-state index in [0.717, 1.165) is 42.2 Å². The number of hydrogen-bond acceptors (Lipinski definition) is 6. The molecule has 27 heavy (non-hydrogen) atoms. The zero-order valence-corrected chi connectivity index (χ0v) is 15.6. The molecule has 1 aromatic carbocycles. The summed E-state index contributed by atoms with van der Waals surface area (Å²) in [6.45, 7) is 4.60. The molecule has 7 nitrogen and oxygen atoms in total. The number of nitrogens with one attached hydrogen (secondary N) is 1. The largest absolute Gasteiger partial charge is 0.548 e. The number of aryl methyl sites for hydroxylation is 2. The van der Waals surface area contributed by atoms with Gasteiger partial charge in [-0.05, 0) is 64.2 Å². The van der Waals surface area contributed by atoms with Gasteiger partial charge >= 0.3 is 5.63 Å². The van der Waals surface area contributed by atoms with Crippen molar-refractivity contribution in [3.05, 3.63) is 39.2 Å². The van der Waals surface area contributed by atoms with Crippen LogP contribution < -0.4 is 20.8 Å². The molecule has 0 saturated carbocycles. The molecule has 1 aliphatic carbocycles. The SMILES string of the molecule is Cc1c(O[C@@H](C)C(=O)N[C@@H](C)C(=O)[O-])ccc2c3c(c(=O)oc12)CCCC3. The first-order valence-electron chi connectivity index (χ1n) is 9.05. The van der Waals surface area contributed by atoms with Gasteiger partial charge in [0, 0.05) is 16.5 Å². The summed E-state index contributed by atoms with van der Waals surface area (Å²) in [4.78, 5) is 35.2. The van der Waals surface area contributed by atoms with Gasteiger partial charge < -0.3 is 24.4 Å². The van der Waals surface area contributed by atoms with Gasteiger partial charge in [0.1, 0.15) is 11.3 Å². The van der Waals surface area contributed by atoms with Crippen LogP contribution in [0.1, 0.15) is 43.4 Å². The fraction of sp³-hybridized carbons (Fsp3) is 0.450. The van der Waals surface area contributed by atoms with E-state index in [0.29, 0.717) is 16.9 Å². The highest BCUT2D eigenvalue weighted by Crippen LogP contribution is 2.32. The zero-order valence-electron chi connectivity index (χ0n) is 15.6. The van der Waals surface area contributed by atoms with Crippen molar-refractivity contribution in [2.24, 2.45) is 0 Å². The molecule has 3 rings (SSSR count). The van der Waals surface area contributed by atoms with Crippen molar-refractivity contribution < 1.29 is 23.8 Å². The minimum Gasteiger partial charge on any atom is -0.548 e. The van der Waals surface area contributed by atoms with E-state index in [2.05, 4.69) is 5.32 Å². The van der Waals surface area contributed by atoms with Crippen molar-refractivity contribution in [3.63, 3.8) is 0 Å². The number of aliphatic carboxylic acids is 1. The quantitative estimate of drug-likeness (QED) is 0.785. The third-order valence-corrected chi connectivity index (χ3v) is 4.98. The molecule has 1 aliphatic rings. The highest BCUT2D eigenvalue weighted by molar-refractivity contribution is 5.87. The van der Waals surface area contributed by atoms with Crippen LogP contribution in [-0.4, -0.2) is 24.0 Å². The minimum atomic E-state index is -1.37. The molecule has 144 valence electrons. The van der Waals surface area contributed by atoms with Gasteiger partial charge in [0.2, 0.25) is 0 Å². The fourth-order valence-electron chi connectivity index (χ4n) is 3.39. The lowest BCUT2D eigenvalue weighted by Crippen LogP contribution is -2.49. The highest BCUT2D eigenvalue weighted by atomic mass is 16.5. The molecule has 0 unspecified atom stereocenters. The van der Waals surface area contributed by atoms with Gasteiger partial charge in [0.05, 0.1) is 12.0 Å². The van der Waals surface area contributed by atoms with Crippen LogP contribution >= 0.6 is 0 Å². The van der Waals surface area contributed by atoms with E-state index >= 15 is 0 Å². The zero-order chi connectivity index (χ0) is 19.7. The summed E-state index contributed by atoms with van der Waals surface area (Å²) in [5.74, 6) is -1.53. The van der Waals surface area contributed by atoms with Crippen molar-refractivity contribution in [2.75, 3.05) is 0 Å². The van der Waals surface area contributed by atoms with Crippen LogP contribution in [0.25, 0.3) is 11.0 Å². The van der Waals surface area contributed by atoms with E-state index < -0.39 is 24.0 Å². The first kappa shape index (κ1) is 18.9. The number of carboxylic acid groups (broad SMARTS) is 1. The Labute approximate surface area is 156 Å². The molecule has 0 bridgehead atoms. The number of benzene rings is 1. The van der Waals surface area contributed by atoms with Crippen molar-refractivity contribution in [1.82, 2.24) is 5.32 Å². The standard InChI is InChI=1S/C20H23NO6/c1-10-16(26-12(3)18(22)21-11(2)19(23)24)9-8-14-13-6-4-5-7-15(13)20(25)27-17(10)14/h8-9,11-12H,4-7H2,1-3H3,(H,21,22)(H,23,24)/p-1/t11-,12-/m0/s1. The molecule has 2 atom stereocenters. The van der Waals surface area contributed by atoms with Crippen molar-refractivity contribution in [2.45, 2.75) is 58.6 Å². The average Bonchev–Trinajstić information content (AvgIpc) is 2.64. The maximum atomic E-state index is 12.3. The lowest BCUT2D eigenvalue weighted by Gasteiger charge is -2.21. The molecule has 0 aliphatic heterocycles. The average molecular weight is 372 g/mol. The third kappa shape index (κ3) is 3.67. The number of carbonyl (C=O) groups excluding carboxylic acids is 2. The minimum absolute atomic E-state index is 0.314. The van der Waals surface area contributed by atoms with Crippen molar-refractivity contribution in [3.8, 4) is 5.75 Å². The molecule has 2 aromatic rings. The van der Waals surface area contributed by atoms with Crippen LogP contribution in [0.15, 0.2) is 21.3 Å². The molecule has 0 saturated heterocycles. The number of amides is 1. The number of rotatable bonds is 5. The summed E-state index contributed by atoms with van der Waals surface area (Å²) in [7, 11) is 0. The number of hydrogen-bond donors (Lipinski definition) is 1. The van der Waals surface area contributed by atoms with Gasteiger partial charge in [-0.25, -0.2) is 4.79 Å². The van der Waals surface area contributed by atoms with Crippen LogP contribution in [0.4, 0.5) is 0 Å². The molecule has 1 amide bonds. The Morgan fingerprint density at radius 2 is 1.85 bits per heavy atom. The number of carbonyl (C=O) groups is 2. The predicted molar refractivity (Wildman–Crippen MR) is 96.6 cm³/mol. The third-order valence-electron chi connectivity index (χ3n) is 4.98. The lowest BCUT2D eigenvalue weighted by molar-refractivity contribution is -0.307. The molecule has 1 aromatic heterocycles. The van der Waals surface area contributed by atoms with Gasteiger partial charge in [-0.15, -0.1) is 0 Å². The molecule has 0 fully saturated rings. The van der Waals surface area contributed by atoms with E-state index in [4.69, 9.17) is 9.15 Å². The first-order valence-corrected chi connectivity index (χ1v) is 9.05. The second-order valence-corrected chi connectivity index (χ2v) is 6.93.